The molecule has 4 heteroatoms. The zero-order chi connectivity index (χ0) is 18.4. The predicted molar refractivity (Wildman–Crippen MR) is 99.5 cm³/mol. The van der Waals surface area contributed by atoms with Gasteiger partial charge >= 0.3 is 6.09 Å². The Hall–Kier alpha value is -2.80. The Morgan fingerprint density at radius 2 is 1.64 bits per heavy atom. The van der Waals surface area contributed by atoms with Crippen molar-refractivity contribution in [2.45, 2.75) is 45.1 Å². The van der Waals surface area contributed by atoms with Crippen molar-refractivity contribution in [3.8, 4) is 17.2 Å². The van der Waals surface area contributed by atoms with Gasteiger partial charge in [-0.2, -0.15) is 5.26 Å². The Labute approximate surface area is 149 Å². The predicted octanol–water partition coefficient (Wildman–Crippen LogP) is 5.16. The SMILES string of the molecule is CC(CCC(C)(C)NC(=O)O)c1ccc(-c2ccc(C#N)cc2)cc1. The summed E-state index contributed by atoms with van der Waals surface area (Å²) in [4.78, 5) is 10.8. The molecule has 1 unspecified atom stereocenters. The Morgan fingerprint density at radius 1 is 1.12 bits per heavy atom. The van der Waals surface area contributed by atoms with Gasteiger partial charge in [0.15, 0.2) is 0 Å². The van der Waals surface area contributed by atoms with Crippen LogP contribution in [0.3, 0.4) is 0 Å². The maximum atomic E-state index is 10.8. The summed E-state index contributed by atoms with van der Waals surface area (Å²) in [7, 11) is 0. The standard InChI is InChI=1S/C21H24N2O2/c1-15(12-13-21(2,3)23-20(24)25)17-8-10-19(11-9-17)18-6-4-16(14-22)5-7-18/h4-11,15,23H,12-13H2,1-3H3,(H,24,25). The van der Waals surface area contributed by atoms with Gasteiger partial charge in [-0.15, -0.1) is 0 Å². The number of amides is 1. The van der Waals surface area contributed by atoms with Crippen LogP contribution in [0.5, 0.6) is 0 Å². The molecule has 0 spiro atoms. The van der Waals surface area contributed by atoms with Gasteiger partial charge in [0, 0.05) is 5.54 Å². The number of nitrogens with zero attached hydrogens (tertiary/aromatic N) is 1. The Morgan fingerprint density at radius 3 is 2.12 bits per heavy atom. The second-order valence-electron chi connectivity index (χ2n) is 7.06. The quantitative estimate of drug-likeness (QED) is 0.765. The van der Waals surface area contributed by atoms with Crippen LogP contribution in [0.15, 0.2) is 48.5 Å². The zero-order valence-corrected chi connectivity index (χ0v) is 14.9. The first kappa shape index (κ1) is 18.5. The van der Waals surface area contributed by atoms with E-state index in [4.69, 9.17) is 10.4 Å². The van der Waals surface area contributed by atoms with Gasteiger partial charge in [0.05, 0.1) is 11.6 Å². The molecule has 0 aliphatic heterocycles. The van der Waals surface area contributed by atoms with Gasteiger partial charge in [-0.3, -0.25) is 0 Å². The lowest BCUT2D eigenvalue weighted by Crippen LogP contribution is -2.42. The first-order valence-electron chi connectivity index (χ1n) is 8.42. The average molecular weight is 336 g/mol. The van der Waals surface area contributed by atoms with E-state index in [-0.39, 0.29) is 0 Å². The molecule has 2 rings (SSSR count). The highest BCUT2D eigenvalue weighted by molar-refractivity contribution is 5.65. The fraction of sp³-hybridized carbons (Fsp3) is 0.333. The third-order valence-electron chi connectivity index (χ3n) is 4.47. The number of rotatable bonds is 6. The fourth-order valence-corrected chi connectivity index (χ4v) is 2.84. The molecular weight excluding hydrogens is 312 g/mol. The molecule has 130 valence electrons. The van der Waals surface area contributed by atoms with Crippen LogP contribution < -0.4 is 5.32 Å². The van der Waals surface area contributed by atoms with Gasteiger partial charge in [-0.05, 0) is 61.4 Å². The Kier molecular flexibility index (Phi) is 5.82. The highest BCUT2D eigenvalue weighted by atomic mass is 16.4. The maximum absolute atomic E-state index is 10.8. The second-order valence-corrected chi connectivity index (χ2v) is 7.06. The Bertz CT molecular complexity index is 756. The van der Waals surface area contributed by atoms with Crippen LogP contribution in [0.25, 0.3) is 11.1 Å². The highest BCUT2D eigenvalue weighted by Crippen LogP contribution is 2.27. The summed E-state index contributed by atoms with van der Waals surface area (Å²) in [5.41, 5.74) is 3.68. The van der Waals surface area contributed by atoms with Gasteiger partial charge in [0.25, 0.3) is 0 Å². The van der Waals surface area contributed by atoms with Crippen molar-refractivity contribution >= 4 is 6.09 Å². The lowest BCUT2D eigenvalue weighted by molar-refractivity contribution is 0.180. The summed E-state index contributed by atoms with van der Waals surface area (Å²) in [6, 6.07) is 18.1. The third kappa shape index (κ3) is 5.36. The van der Waals surface area contributed by atoms with E-state index >= 15 is 0 Å². The number of hydrogen-bond donors (Lipinski definition) is 2. The molecule has 2 aromatic carbocycles. The molecule has 25 heavy (non-hydrogen) atoms. The number of carboxylic acid groups (broad SMARTS) is 1. The molecule has 4 nitrogen and oxygen atoms in total. The van der Waals surface area contributed by atoms with Crippen molar-refractivity contribution in [2.24, 2.45) is 0 Å². The van der Waals surface area contributed by atoms with Crippen molar-refractivity contribution in [1.29, 1.82) is 5.26 Å². The lowest BCUT2D eigenvalue weighted by atomic mass is 9.88. The van der Waals surface area contributed by atoms with Crippen LogP contribution >= 0.6 is 0 Å². The van der Waals surface area contributed by atoms with E-state index in [1.54, 1.807) is 0 Å². The van der Waals surface area contributed by atoms with Gasteiger partial charge in [-0.1, -0.05) is 43.3 Å². The van der Waals surface area contributed by atoms with Crippen LogP contribution in [0, 0.1) is 11.3 Å². The van der Waals surface area contributed by atoms with Gasteiger partial charge in [-0.25, -0.2) is 4.79 Å². The molecule has 0 aliphatic carbocycles. The molecule has 0 aliphatic rings. The maximum Gasteiger partial charge on any atom is 0.405 e. The monoisotopic (exact) mass is 336 g/mol. The van der Waals surface area contributed by atoms with Crippen molar-refractivity contribution < 1.29 is 9.90 Å². The van der Waals surface area contributed by atoms with Crippen LogP contribution in [0.4, 0.5) is 4.79 Å². The van der Waals surface area contributed by atoms with Gasteiger partial charge < -0.3 is 10.4 Å². The van der Waals surface area contributed by atoms with Gasteiger partial charge in [0.2, 0.25) is 0 Å². The van der Waals surface area contributed by atoms with E-state index in [0.717, 1.165) is 24.0 Å². The molecule has 2 N–H and O–H groups in total. The van der Waals surface area contributed by atoms with Crippen molar-refractivity contribution in [3.05, 3.63) is 59.7 Å². The Balaban J connectivity index is 2.01. The molecule has 0 fully saturated rings. The fourth-order valence-electron chi connectivity index (χ4n) is 2.84. The summed E-state index contributed by atoms with van der Waals surface area (Å²) >= 11 is 0. The minimum Gasteiger partial charge on any atom is -0.465 e. The third-order valence-corrected chi connectivity index (χ3v) is 4.47. The van der Waals surface area contributed by atoms with E-state index in [2.05, 4.69) is 42.6 Å². The second kappa shape index (κ2) is 7.85. The van der Waals surface area contributed by atoms with E-state index in [9.17, 15) is 4.79 Å². The van der Waals surface area contributed by atoms with E-state index in [1.165, 1.54) is 5.56 Å². The first-order valence-corrected chi connectivity index (χ1v) is 8.42. The van der Waals surface area contributed by atoms with Crippen LogP contribution in [-0.4, -0.2) is 16.7 Å². The van der Waals surface area contributed by atoms with Crippen molar-refractivity contribution in [1.82, 2.24) is 5.32 Å². The molecule has 1 amide bonds. The molecule has 0 saturated carbocycles. The number of benzene rings is 2. The average Bonchev–Trinajstić information content (AvgIpc) is 2.59. The lowest BCUT2D eigenvalue weighted by Gasteiger charge is -2.26. The molecular formula is C21H24N2O2. The topological polar surface area (TPSA) is 73.1 Å². The first-order chi connectivity index (χ1) is 11.8. The zero-order valence-electron chi connectivity index (χ0n) is 14.9. The molecule has 0 heterocycles. The molecule has 0 aromatic heterocycles. The van der Waals surface area contributed by atoms with E-state index < -0.39 is 11.6 Å². The highest BCUT2D eigenvalue weighted by Gasteiger charge is 2.21. The molecule has 0 saturated heterocycles. The summed E-state index contributed by atoms with van der Waals surface area (Å²) in [5, 5.41) is 20.3. The number of carbonyl (C=O) groups is 1. The largest absolute Gasteiger partial charge is 0.465 e. The smallest absolute Gasteiger partial charge is 0.405 e. The molecule has 0 bridgehead atoms. The summed E-state index contributed by atoms with van der Waals surface area (Å²) in [6.45, 7) is 5.97. The summed E-state index contributed by atoms with van der Waals surface area (Å²) in [5.74, 6) is 0.352. The number of hydrogen-bond acceptors (Lipinski definition) is 2. The van der Waals surface area contributed by atoms with E-state index in [0.29, 0.717) is 11.5 Å². The minimum atomic E-state index is -0.982. The molecule has 0 radical (unpaired) electrons. The van der Waals surface area contributed by atoms with Gasteiger partial charge in [0.1, 0.15) is 0 Å². The molecule has 2 aromatic rings. The normalized spacial score (nSPS) is 12.2. The van der Waals surface area contributed by atoms with Crippen LogP contribution in [0.1, 0.15) is 50.7 Å². The van der Waals surface area contributed by atoms with E-state index in [1.807, 2.05) is 38.1 Å². The summed E-state index contributed by atoms with van der Waals surface area (Å²) in [6.07, 6.45) is 0.700. The van der Waals surface area contributed by atoms with Crippen molar-refractivity contribution in [2.75, 3.05) is 0 Å². The summed E-state index contributed by atoms with van der Waals surface area (Å²) < 4.78 is 0. The minimum absolute atomic E-state index is 0.352. The van der Waals surface area contributed by atoms with Crippen LogP contribution in [0.2, 0.25) is 0 Å². The van der Waals surface area contributed by atoms with Crippen LogP contribution in [-0.2, 0) is 0 Å². The van der Waals surface area contributed by atoms with Crippen molar-refractivity contribution in [3.63, 3.8) is 0 Å². The molecule has 1 atom stereocenters. The number of nitriles is 1. The number of nitrogens with one attached hydrogen (secondary N) is 1.